The highest BCUT2D eigenvalue weighted by molar-refractivity contribution is 5.70. The molecule has 0 saturated heterocycles. The minimum Gasteiger partial charge on any atom is -0.369 e. The minimum absolute atomic E-state index is 0.131. The Morgan fingerprint density at radius 2 is 2.05 bits per heavy atom. The van der Waals surface area contributed by atoms with E-state index in [1.54, 1.807) is 0 Å². The fraction of sp³-hybridized carbons (Fsp3) is 0.750. The zero-order chi connectivity index (χ0) is 15.7. The van der Waals surface area contributed by atoms with Crippen LogP contribution in [-0.2, 0) is 0 Å². The first-order chi connectivity index (χ1) is 10.6. The van der Waals surface area contributed by atoms with Gasteiger partial charge in [0.15, 0.2) is 5.82 Å². The van der Waals surface area contributed by atoms with Crippen LogP contribution in [0.3, 0.4) is 0 Å². The number of aromatic nitrogens is 2. The predicted octanol–water partition coefficient (Wildman–Crippen LogP) is 1.97. The van der Waals surface area contributed by atoms with E-state index in [9.17, 15) is 4.79 Å². The molecule has 122 valence electrons. The molecule has 1 aromatic heterocycles. The number of nitrogens with one attached hydrogen (secondary N) is 1. The first kappa shape index (κ1) is 15.2. The Hall–Kier alpha value is -1.72. The van der Waals surface area contributed by atoms with Gasteiger partial charge in [0.1, 0.15) is 5.69 Å². The third-order valence-corrected chi connectivity index (χ3v) is 5.12. The third kappa shape index (κ3) is 2.78. The normalized spacial score (nSPS) is 22.7. The topological polar surface area (TPSA) is 78.2 Å². The number of fused-ring (bicyclic) bond motifs is 1. The first-order valence-electron chi connectivity index (χ1n) is 8.47. The maximum absolute atomic E-state index is 12.3. The average molecular weight is 305 g/mol. The fourth-order valence-electron chi connectivity index (χ4n) is 3.93. The van der Waals surface area contributed by atoms with Crippen molar-refractivity contribution >= 4 is 17.5 Å². The molecule has 1 unspecified atom stereocenters. The lowest BCUT2D eigenvalue weighted by Crippen LogP contribution is -2.51. The molecule has 1 atom stereocenters. The van der Waals surface area contributed by atoms with E-state index in [1.165, 1.54) is 32.1 Å². The molecule has 22 heavy (non-hydrogen) atoms. The van der Waals surface area contributed by atoms with Crippen LogP contribution in [0.1, 0.15) is 45.4 Å². The molecular weight excluding hydrogens is 278 g/mol. The maximum Gasteiger partial charge on any atom is 0.278 e. The number of nitrogens with zero attached hydrogens (tertiary/aromatic N) is 3. The smallest absolute Gasteiger partial charge is 0.278 e. The fourth-order valence-corrected chi connectivity index (χ4v) is 3.93. The molecule has 6 heteroatoms. The van der Waals surface area contributed by atoms with Gasteiger partial charge in [0.2, 0.25) is 5.95 Å². The molecule has 2 aliphatic rings. The maximum atomic E-state index is 12.3. The van der Waals surface area contributed by atoms with Crippen molar-refractivity contribution in [2.24, 2.45) is 5.92 Å². The van der Waals surface area contributed by atoms with Crippen LogP contribution in [0.25, 0.3) is 0 Å². The van der Waals surface area contributed by atoms with Crippen LogP contribution >= 0.6 is 0 Å². The molecule has 2 heterocycles. The lowest BCUT2D eigenvalue weighted by molar-refractivity contribution is 0.345. The second-order valence-electron chi connectivity index (χ2n) is 6.72. The Morgan fingerprint density at radius 3 is 2.73 bits per heavy atom. The van der Waals surface area contributed by atoms with Crippen molar-refractivity contribution in [3.05, 3.63) is 10.4 Å². The number of anilines is 3. The highest BCUT2D eigenvalue weighted by Gasteiger charge is 2.33. The standard InChI is InChI=1S/C16H27N5O/c1-3-12-10-20(2)13-14(18-16(17)19-15(13)22)21(12)9-11-7-5-4-6-8-11/h11-12H,3-10H2,1-2H3,(H3,17,18,19,22). The monoisotopic (exact) mass is 305 g/mol. The Kier molecular flexibility index (Phi) is 4.27. The van der Waals surface area contributed by atoms with E-state index in [0.29, 0.717) is 17.6 Å². The summed E-state index contributed by atoms with van der Waals surface area (Å²) in [6.45, 7) is 4.06. The molecule has 6 nitrogen and oxygen atoms in total. The van der Waals surface area contributed by atoms with Gasteiger partial charge in [-0.3, -0.25) is 9.78 Å². The number of nitrogens with two attached hydrogens (primary N) is 1. The van der Waals surface area contributed by atoms with Gasteiger partial charge in [-0.25, -0.2) is 0 Å². The van der Waals surface area contributed by atoms with Crippen molar-refractivity contribution in [2.75, 3.05) is 35.7 Å². The molecule has 0 radical (unpaired) electrons. The van der Waals surface area contributed by atoms with Crippen molar-refractivity contribution in [2.45, 2.75) is 51.5 Å². The van der Waals surface area contributed by atoms with Crippen molar-refractivity contribution in [1.29, 1.82) is 0 Å². The van der Waals surface area contributed by atoms with Crippen molar-refractivity contribution in [3.63, 3.8) is 0 Å². The number of aromatic amines is 1. The van der Waals surface area contributed by atoms with Gasteiger partial charge < -0.3 is 15.5 Å². The largest absolute Gasteiger partial charge is 0.369 e. The van der Waals surface area contributed by atoms with Gasteiger partial charge >= 0.3 is 0 Å². The summed E-state index contributed by atoms with van der Waals surface area (Å²) < 4.78 is 0. The van der Waals surface area contributed by atoms with Crippen LogP contribution in [0.15, 0.2) is 4.79 Å². The Balaban J connectivity index is 1.95. The van der Waals surface area contributed by atoms with E-state index in [2.05, 4.69) is 21.8 Å². The molecule has 1 aliphatic carbocycles. The number of hydrogen-bond acceptors (Lipinski definition) is 5. The lowest BCUT2D eigenvalue weighted by atomic mass is 9.88. The molecule has 0 spiro atoms. The van der Waals surface area contributed by atoms with Crippen LogP contribution < -0.4 is 21.1 Å². The molecule has 0 amide bonds. The Bertz CT molecular complexity index is 578. The van der Waals surface area contributed by atoms with Crippen LogP contribution in [0, 0.1) is 5.92 Å². The van der Waals surface area contributed by atoms with Crippen LogP contribution in [-0.4, -0.2) is 36.1 Å². The van der Waals surface area contributed by atoms with E-state index in [4.69, 9.17) is 5.73 Å². The van der Waals surface area contributed by atoms with E-state index in [0.717, 1.165) is 25.3 Å². The average Bonchev–Trinajstić information content (AvgIpc) is 2.50. The molecule has 1 fully saturated rings. The van der Waals surface area contributed by atoms with Gasteiger partial charge in [-0.15, -0.1) is 0 Å². The highest BCUT2D eigenvalue weighted by Crippen LogP contribution is 2.34. The van der Waals surface area contributed by atoms with Crippen molar-refractivity contribution in [3.8, 4) is 0 Å². The van der Waals surface area contributed by atoms with E-state index in [1.807, 2.05) is 11.9 Å². The molecule has 3 N–H and O–H groups in total. The summed E-state index contributed by atoms with van der Waals surface area (Å²) in [6.07, 6.45) is 7.64. The van der Waals surface area contributed by atoms with Gasteiger partial charge in [0.25, 0.3) is 5.56 Å². The molecule has 1 aliphatic heterocycles. The van der Waals surface area contributed by atoms with E-state index in [-0.39, 0.29) is 11.5 Å². The molecule has 3 rings (SSSR count). The summed E-state index contributed by atoms with van der Waals surface area (Å²) in [4.78, 5) is 23.8. The predicted molar refractivity (Wildman–Crippen MR) is 90.5 cm³/mol. The van der Waals surface area contributed by atoms with Crippen LogP contribution in [0.2, 0.25) is 0 Å². The Labute approximate surface area is 131 Å². The van der Waals surface area contributed by atoms with Crippen LogP contribution in [0.4, 0.5) is 17.5 Å². The molecule has 0 aromatic carbocycles. The van der Waals surface area contributed by atoms with Gasteiger partial charge in [0, 0.05) is 26.2 Å². The van der Waals surface area contributed by atoms with Gasteiger partial charge in [-0.1, -0.05) is 26.2 Å². The summed E-state index contributed by atoms with van der Waals surface area (Å²) >= 11 is 0. The number of likely N-dealkylation sites (N-methyl/N-ethyl adjacent to an activating group) is 1. The summed E-state index contributed by atoms with van der Waals surface area (Å²) in [5.41, 5.74) is 6.33. The summed E-state index contributed by atoms with van der Waals surface area (Å²) in [7, 11) is 1.96. The zero-order valence-corrected chi connectivity index (χ0v) is 13.6. The number of nitrogen functional groups attached to an aromatic ring is 1. The summed E-state index contributed by atoms with van der Waals surface area (Å²) in [5.74, 6) is 1.69. The molecule has 1 saturated carbocycles. The molecule has 0 bridgehead atoms. The zero-order valence-electron chi connectivity index (χ0n) is 13.6. The molecular formula is C16H27N5O. The van der Waals surface area contributed by atoms with Gasteiger partial charge in [-0.05, 0) is 25.2 Å². The SMILES string of the molecule is CCC1CN(C)c2c(nc(N)[nH]c2=O)N1CC1CCCCC1. The number of rotatable bonds is 3. The lowest BCUT2D eigenvalue weighted by Gasteiger charge is -2.43. The van der Waals surface area contributed by atoms with Gasteiger partial charge in [0.05, 0.1) is 0 Å². The number of hydrogen-bond donors (Lipinski definition) is 2. The summed E-state index contributed by atoms with van der Waals surface area (Å²) in [5, 5.41) is 0. The second kappa shape index (κ2) is 6.18. The Morgan fingerprint density at radius 1 is 1.32 bits per heavy atom. The second-order valence-corrected chi connectivity index (χ2v) is 6.72. The van der Waals surface area contributed by atoms with Crippen molar-refractivity contribution < 1.29 is 0 Å². The van der Waals surface area contributed by atoms with Crippen LogP contribution in [0.5, 0.6) is 0 Å². The van der Waals surface area contributed by atoms with E-state index < -0.39 is 0 Å². The quantitative estimate of drug-likeness (QED) is 0.892. The molecule has 1 aromatic rings. The van der Waals surface area contributed by atoms with Crippen molar-refractivity contribution in [1.82, 2.24) is 9.97 Å². The first-order valence-corrected chi connectivity index (χ1v) is 8.47. The number of H-pyrrole nitrogens is 1. The summed E-state index contributed by atoms with van der Waals surface area (Å²) in [6, 6.07) is 0.396. The van der Waals surface area contributed by atoms with E-state index >= 15 is 0 Å². The minimum atomic E-state index is -0.131. The van der Waals surface area contributed by atoms with Gasteiger partial charge in [-0.2, -0.15) is 4.98 Å². The highest BCUT2D eigenvalue weighted by atomic mass is 16.1. The third-order valence-electron chi connectivity index (χ3n) is 5.12.